The van der Waals surface area contributed by atoms with Crippen LogP contribution >= 0.6 is 0 Å². The minimum Gasteiger partial charge on any atom is -0.358 e. The number of nitrogens with zero attached hydrogens (tertiary/aromatic N) is 3. The number of rotatable bonds is 2. The standard InChI is InChI=1S/C27H26N3.CH3.Ir.Y/c1-17-9-8-10-18(2)24(17)26-29-28-25-21-12-7-6-11-20(21)22-15-19(16-27(3,4)5)13-14-23(22)30(25)26;;;/h6-11,13-15H,16H2,1-5H3;1H3;;/q2*-1;;. The number of aromatic nitrogens is 3. The molecule has 0 N–H and O–H groups in total. The molecule has 2 radical (unpaired) electrons. The second kappa shape index (κ2) is 10.4. The Hall–Kier alpha value is -1.45. The van der Waals surface area contributed by atoms with E-state index >= 15 is 0 Å². The molecule has 3 aromatic carbocycles. The Kier molecular flexibility index (Phi) is 8.79. The van der Waals surface area contributed by atoms with Crippen LogP contribution in [0.25, 0.3) is 38.7 Å². The fourth-order valence-corrected chi connectivity index (χ4v) is 4.57. The molecule has 2 aromatic heterocycles. The molecule has 170 valence electrons. The third kappa shape index (κ3) is 5.00. The SMILES string of the molecule is Cc1cccc(C)c1-c1nnc2c3[c-]cccc3c3cc(CC(C)(C)C)ccc3n12.[CH3-].[Ir].[Y]. The second-order valence-corrected chi connectivity index (χ2v) is 9.50. The van der Waals surface area contributed by atoms with Gasteiger partial charge in [-0.25, -0.2) is 0 Å². The fraction of sp³-hybridized carbons (Fsp3) is 0.250. The molecule has 2 heterocycles. The van der Waals surface area contributed by atoms with E-state index in [0.29, 0.717) is 0 Å². The van der Waals surface area contributed by atoms with Gasteiger partial charge in [0.1, 0.15) is 0 Å². The monoisotopic (exact) mass is 689 g/mol. The van der Waals surface area contributed by atoms with E-state index in [4.69, 9.17) is 0 Å². The van der Waals surface area contributed by atoms with Crippen LogP contribution in [0.4, 0.5) is 0 Å². The molecular formula is C28H29IrN3Y-2. The van der Waals surface area contributed by atoms with E-state index in [0.717, 1.165) is 34.4 Å². The number of aryl methyl sites for hydroxylation is 2. The quantitative estimate of drug-likeness (QED) is 0.146. The summed E-state index contributed by atoms with van der Waals surface area (Å²) < 4.78 is 2.21. The van der Waals surface area contributed by atoms with Crippen molar-refractivity contribution in [1.82, 2.24) is 14.6 Å². The Labute approximate surface area is 235 Å². The van der Waals surface area contributed by atoms with Gasteiger partial charge in [0.15, 0.2) is 5.82 Å². The van der Waals surface area contributed by atoms with E-state index in [1.54, 1.807) is 0 Å². The van der Waals surface area contributed by atoms with Gasteiger partial charge in [0.05, 0.1) is 5.65 Å². The van der Waals surface area contributed by atoms with Crippen molar-refractivity contribution in [3.63, 3.8) is 0 Å². The van der Waals surface area contributed by atoms with Crippen LogP contribution in [0.15, 0.2) is 54.6 Å². The number of hydrogen-bond donors (Lipinski definition) is 0. The van der Waals surface area contributed by atoms with Crippen molar-refractivity contribution in [1.29, 1.82) is 0 Å². The maximum Gasteiger partial charge on any atom is 0.159 e. The van der Waals surface area contributed by atoms with Gasteiger partial charge in [-0.3, -0.25) is 0 Å². The first kappa shape index (κ1) is 27.8. The molecule has 0 spiro atoms. The molecule has 0 atom stereocenters. The van der Waals surface area contributed by atoms with Gasteiger partial charge in [-0.05, 0) is 53.8 Å². The summed E-state index contributed by atoms with van der Waals surface area (Å²) in [5.74, 6) is 0.897. The number of fused-ring (bicyclic) bond motifs is 6. The molecule has 0 amide bonds. The maximum absolute atomic E-state index is 4.66. The molecule has 0 unspecified atom stereocenters. The summed E-state index contributed by atoms with van der Waals surface area (Å²) in [7, 11) is 0. The molecule has 5 aromatic rings. The van der Waals surface area contributed by atoms with Crippen LogP contribution in [0.2, 0.25) is 0 Å². The zero-order chi connectivity index (χ0) is 21.0. The molecule has 0 aliphatic rings. The largest absolute Gasteiger partial charge is 0.358 e. The molecular weight excluding hydrogens is 659 g/mol. The summed E-state index contributed by atoms with van der Waals surface area (Å²) in [6.07, 6.45) is 1.03. The zero-order valence-corrected chi connectivity index (χ0v) is 25.4. The third-order valence-corrected chi connectivity index (χ3v) is 5.77. The molecule has 3 nitrogen and oxygen atoms in total. The van der Waals surface area contributed by atoms with Crippen LogP contribution in [0.3, 0.4) is 0 Å². The number of pyridine rings is 1. The fourth-order valence-electron chi connectivity index (χ4n) is 4.57. The summed E-state index contributed by atoms with van der Waals surface area (Å²) >= 11 is 0. The summed E-state index contributed by atoms with van der Waals surface area (Å²) in [6, 6.07) is 22.8. The first-order valence-corrected chi connectivity index (χ1v) is 10.5. The van der Waals surface area contributed by atoms with Gasteiger partial charge in [-0.1, -0.05) is 61.9 Å². The summed E-state index contributed by atoms with van der Waals surface area (Å²) in [5, 5.41) is 12.7. The molecule has 0 aliphatic carbocycles. The van der Waals surface area contributed by atoms with Crippen LogP contribution in [0.5, 0.6) is 0 Å². The van der Waals surface area contributed by atoms with Crippen molar-refractivity contribution in [3.8, 4) is 11.4 Å². The third-order valence-electron chi connectivity index (χ3n) is 5.77. The number of benzene rings is 3. The Morgan fingerprint density at radius 1 is 0.909 bits per heavy atom. The van der Waals surface area contributed by atoms with Gasteiger partial charge in [0.2, 0.25) is 0 Å². The Morgan fingerprint density at radius 2 is 1.61 bits per heavy atom. The maximum atomic E-state index is 4.66. The number of hydrogen-bond acceptors (Lipinski definition) is 2. The predicted molar refractivity (Wildman–Crippen MR) is 131 cm³/mol. The van der Waals surface area contributed by atoms with Crippen LogP contribution in [0, 0.1) is 32.8 Å². The van der Waals surface area contributed by atoms with Crippen LogP contribution < -0.4 is 0 Å². The van der Waals surface area contributed by atoms with Crippen molar-refractivity contribution >= 4 is 27.3 Å². The van der Waals surface area contributed by atoms with Gasteiger partial charge < -0.3 is 11.8 Å². The molecule has 5 rings (SSSR count). The minimum absolute atomic E-state index is 0. The van der Waals surface area contributed by atoms with Gasteiger partial charge in [-0.15, -0.1) is 29.4 Å². The van der Waals surface area contributed by atoms with Crippen LogP contribution in [0.1, 0.15) is 37.5 Å². The average Bonchev–Trinajstić information content (AvgIpc) is 3.12. The van der Waals surface area contributed by atoms with Crippen molar-refractivity contribution in [2.45, 2.75) is 41.0 Å². The summed E-state index contributed by atoms with van der Waals surface area (Å²) in [4.78, 5) is 0. The first-order valence-electron chi connectivity index (χ1n) is 10.5. The predicted octanol–water partition coefficient (Wildman–Crippen LogP) is 7.15. The van der Waals surface area contributed by atoms with Gasteiger partial charge >= 0.3 is 0 Å². The van der Waals surface area contributed by atoms with Crippen LogP contribution in [-0.2, 0) is 59.2 Å². The smallest absolute Gasteiger partial charge is 0.159 e. The molecule has 0 fully saturated rings. The van der Waals surface area contributed by atoms with Crippen molar-refractivity contribution in [2.24, 2.45) is 5.41 Å². The van der Waals surface area contributed by atoms with E-state index in [2.05, 4.69) is 104 Å². The Balaban J connectivity index is 0.00000128. The minimum atomic E-state index is 0. The molecule has 0 saturated carbocycles. The molecule has 0 aliphatic heterocycles. The second-order valence-electron chi connectivity index (χ2n) is 9.50. The van der Waals surface area contributed by atoms with E-state index in [1.807, 2.05) is 6.07 Å². The van der Waals surface area contributed by atoms with Crippen LogP contribution in [-0.4, -0.2) is 14.6 Å². The normalized spacial score (nSPS) is 11.2. The molecule has 0 bridgehead atoms. The molecule has 0 saturated heterocycles. The summed E-state index contributed by atoms with van der Waals surface area (Å²) in [6.45, 7) is 11.1. The Bertz CT molecular complexity index is 1410. The topological polar surface area (TPSA) is 30.2 Å². The molecule has 33 heavy (non-hydrogen) atoms. The van der Waals surface area contributed by atoms with Crippen molar-refractivity contribution in [2.75, 3.05) is 0 Å². The first-order chi connectivity index (χ1) is 14.3. The van der Waals surface area contributed by atoms with E-state index < -0.39 is 0 Å². The van der Waals surface area contributed by atoms with Gasteiger partial charge in [0, 0.05) is 63.9 Å². The average molecular weight is 689 g/mol. The summed E-state index contributed by atoms with van der Waals surface area (Å²) in [5.41, 5.74) is 7.15. The zero-order valence-electron chi connectivity index (χ0n) is 20.2. The van der Waals surface area contributed by atoms with Gasteiger partial charge in [0.25, 0.3) is 0 Å². The van der Waals surface area contributed by atoms with Gasteiger partial charge in [-0.2, -0.15) is 5.10 Å². The van der Waals surface area contributed by atoms with Crippen molar-refractivity contribution in [3.05, 3.63) is 84.8 Å². The Morgan fingerprint density at radius 3 is 2.27 bits per heavy atom. The van der Waals surface area contributed by atoms with E-state index in [-0.39, 0.29) is 65.7 Å². The molecule has 5 heteroatoms. The van der Waals surface area contributed by atoms with Crippen molar-refractivity contribution < 1.29 is 52.8 Å². The van der Waals surface area contributed by atoms with E-state index in [9.17, 15) is 0 Å². The van der Waals surface area contributed by atoms with E-state index in [1.165, 1.54) is 27.5 Å².